The van der Waals surface area contributed by atoms with E-state index in [9.17, 15) is 8.42 Å². The van der Waals surface area contributed by atoms with E-state index in [1.807, 2.05) is 0 Å². The molecule has 0 fully saturated rings. The second-order valence-electron chi connectivity index (χ2n) is 1.83. The molecule has 68 valence electrons. The van der Waals surface area contributed by atoms with Crippen LogP contribution in [0.25, 0.3) is 0 Å². The lowest BCUT2D eigenvalue weighted by atomic mass is 10.3. The van der Waals surface area contributed by atoms with Gasteiger partial charge in [-0.2, -0.15) is 8.42 Å². The molecule has 0 aromatic rings. The molecule has 11 heavy (non-hydrogen) atoms. The number of aliphatic hydroxyl groups excluding tert-OH is 1. The van der Waals surface area contributed by atoms with Crippen molar-refractivity contribution in [1.29, 1.82) is 0 Å². The molecule has 0 aromatic carbocycles. The van der Waals surface area contributed by atoms with Gasteiger partial charge in [-0.05, 0) is 12.8 Å². The van der Waals surface area contributed by atoms with Crippen molar-refractivity contribution in [3.05, 3.63) is 0 Å². The molecular weight excluding hydrogens is 172 g/mol. The van der Waals surface area contributed by atoms with Gasteiger partial charge in [-0.25, -0.2) is 4.18 Å². The molecule has 0 amide bonds. The highest BCUT2D eigenvalue weighted by atomic mass is 32.3. The van der Waals surface area contributed by atoms with Crippen molar-refractivity contribution in [3.63, 3.8) is 0 Å². The third-order valence-corrected chi connectivity index (χ3v) is 1.85. The van der Waals surface area contributed by atoms with Gasteiger partial charge in [0.05, 0.1) is 13.7 Å². The van der Waals surface area contributed by atoms with Crippen LogP contribution in [0.4, 0.5) is 0 Å². The molecule has 0 spiro atoms. The van der Waals surface area contributed by atoms with Crippen molar-refractivity contribution >= 4 is 10.4 Å². The van der Waals surface area contributed by atoms with Crippen molar-refractivity contribution in [2.75, 3.05) is 20.3 Å². The number of unbranched alkanes of at least 4 members (excludes halogenated alkanes) is 1. The Kier molecular flexibility index (Phi) is 5.39. The van der Waals surface area contributed by atoms with Gasteiger partial charge in [-0.3, -0.25) is 4.18 Å². The SMILES string of the molecule is COS(=O)(=O)OCCCCO. The van der Waals surface area contributed by atoms with Crippen molar-refractivity contribution in [2.45, 2.75) is 12.8 Å². The minimum Gasteiger partial charge on any atom is -0.396 e. The number of hydrogen-bond acceptors (Lipinski definition) is 5. The van der Waals surface area contributed by atoms with Crippen LogP contribution >= 0.6 is 0 Å². The highest BCUT2D eigenvalue weighted by Crippen LogP contribution is 1.96. The summed E-state index contributed by atoms with van der Waals surface area (Å²) in [6.45, 7) is 0.0904. The Labute approximate surface area is 66.3 Å². The van der Waals surface area contributed by atoms with E-state index >= 15 is 0 Å². The zero-order chi connectivity index (χ0) is 8.74. The van der Waals surface area contributed by atoms with E-state index in [-0.39, 0.29) is 13.2 Å². The van der Waals surface area contributed by atoms with Gasteiger partial charge in [0.25, 0.3) is 0 Å². The fourth-order valence-corrected chi connectivity index (χ4v) is 0.841. The summed E-state index contributed by atoms with van der Waals surface area (Å²) in [5.41, 5.74) is 0. The third kappa shape index (κ3) is 6.24. The molecule has 1 N–H and O–H groups in total. The second kappa shape index (κ2) is 5.48. The van der Waals surface area contributed by atoms with E-state index in [0.29, 0.717) is 12.8 Å². The van der Waals surface area contributed by atoms with Gasteiger partial charge in [-0.1, -0.05) is 0 Å². The second-order valence-corrected chi connectivity index (χ2v) is 3.21. The van der Waals surface area contributed by atoms with Crippen LogP contribution in [0.3, 0.4) is 0 Å². The summed E-state index contributed by atoms with van der Waals surface area (Å²) >= 11 is 0. The average molecular weight is 184 g/mol. The van der Waals surface area contributed by atoms with Crippen LogP contribution in [-0.2, 0) is 18.8 Å². The summed E-state index contributed by atoms with van der Waals surface area (Å²) in [5, 5.41) is 8.32. The molecule has 0 aliphatic rings. The predicted octanol–water partition coefficient (Wildman–Crippen LogP) is -0.333. The maximum atomic E-state index is 10.5. The van der Waals surface area contributed by atoms with Gasteiger partial charge in [0.2, 0.25) is 0 Å². The first kappa shape index (κ1) is 10.8. The normalized spacial score (nSPS) is 11.8. The summed E-state index contributed by atoms with van der Waals surface area (Å²) in [6, 6.07) is 0. The van der Waals surface area contributed by atoms with Crippen LogP contribution in [-0.4, -0.2) is 33.8 Å². The Bertz CT molecular complexity index is 173. The molecule has 0 rings (SSSR count). The Hall–Kier alpha value is -0.170. The highest BCUT2D eigenvalue weighted by molar-refractivity contribution is 7.81. The molecule has 0 aliphatic carbocycles. The zero-order valence-corrected chi connectivity index (χ0v) is 7.13. The van der Waals surface area contributed by atoms with E-state index in [1.165, 1.54) is 0 Å². The van der Waals surface area contributed by atoms with Crippen LogP contribution in [0.15, 0.2) is 0 Å². The fourth-order valence-electron chi connectivity index (χ4n) is 0.423. The Morgan fingerprint density at radius 2 is 2.00 bits per heavy atom. The maximum Gasteiger partial charge on any atom is 0.399 e. The molecule has 0 unspecified atom stereocenters. The highest BCUT2D eigenvalue weighted by Gasteiger charge is 2.06. The molecular formula is C5H12O5S. The summed E-state index contributed by atoms with van der Waals surface area (Å²) in [4.78, 5) is 0. The standard InChI is InChI=1S/C5H12O5S/c1-9-11(7,8)10-5-3-2-4-6/h6H,2-5H2,1H3. The zero-order valence-electron chi connectivity index (χ0n) is 6.32. The van der Waals surface area contributed by atoms with Gasteiger partial charge in [-0.15, -0.1) is 0 Å². The lowest BCUT2D eigenvalue weighted by Gasteiger charge is -2.00. The van der Waals surface area contributed by atoms with Crippen LogP contribution in [0, 0.1) is 0 Å². The molecule has 0 heterocycles. The van der Waals surface area contributed by atoms with Gasteiger partial charge in [0, 0.05) is 6.61 Å². The average Bonchev–Trinajstić information content (AvgIpc) is 1.99. The van der Waals surface area contributed by atoms with Gasteiger partial charge in [0.15, 0.2) is 0 Å². The molecule has 0 radical (unpaired) electrons. The Balaban J connectivity index is 3.39. The molecule has 0 aromatic heterocycles. The predicted molar refractivity (Wildman–Crippen MR) is 38.2 cm³/mol. The molecule has 6 heteroatoms. The van der Waals surface area contributed by atoms with E-state index in [0.717, 1.165) is 7.11 Å². The van der Waals surface area contributed by atoms with Gasteiger partial charge >= 0.3 is 10.4 Å². The van der Waals surface area contributed by atoms with E-state index in [2.05, 4.69) is 8.37 Å². The molecule has 0 saturated heterocycles. The topological polar surface area (TPSA) is 72.8 Å². The van der Waals surface area contributed by atoms with Gasteiger partial charge in [0.1, 0.15) is 0 Å². The molecule has 0 aliphatic heterocycles. The van der Waals surface area contributed by atoms with Crippen LogP contribution < -0.4 is 0 Å². The maximum absolute atomic E-state index is 10.5. The summed E-state index contributed by atoms with van der Waals surface area (Å²) in [7, 11) is -2.75. The van der Waals surface area contributed by atoms with Crippen LogP contribution in [0.2, 0.25) is 0 Å². The molecule has 0 saturated carbocycles. The number of hydrogen-bond donors (Lipinski definition) is 1. The van der Waals surface area contributed by atoms with E-state index in [4.69, 9.17) is 5.11 Å². The first-order valence-corrected chi connectivity index (χ1v) is 4.51. The lowest BCUT2D eigenvalue weighted by Crippen LogP contribution is -2.08. The van der Waals surface area contributed by atoms with Crippen molar-refractivity contribution < 1.29 is 21.9 Å². The quantitative estimate of drug-likeness (QED) is 0.572. The Morgan fingerprint density at radius 1 is 1.36 bits per heavy atom. The van der Waals surface area contributed by atoms with Crippen molar-refractivity contribution in [3.8, 4) is 0 Å². The fraction of sp³-hybridized carbons (Fsp3) is 1.00. The molecule has 0 bridgehead atoms. The first-order valence-electron chi connectivity index (χ1n) is 3.18. The van der Waals surface area contributed by atoms with Crippen molar-refractivity contribution in [2.24, 2.45) is 0 Å². The summed E-state index contributed by atoms with van der Waals surface area (Å²) in [5.74, 6) is 0. The third-order valence-electron chi connectivity index (χ3n) is 0.984. The number of aliphatic hydroxyl groups is 1. The Morgan fingerprint density at radius 3 is 2.45 bits per heavy atom. The molecule has 0 atom stereocenters. The lowest BCUT2D eigenvalue weighted by molar-refractivity contribution is 0.223. The van der Waals surface area contributed by atoms with Gasteiger partial charge < -0.3 is 5.11 Å². The van der Waals surface area contributed by atoms with Crippen molar-refractivity contribution in [1.82, 2.24) is 0 Å². The minimum atomic E-state index is -3.78. The first-order chi connectivity index (χ1) is 5.12. The molecule has 5 nitrogen and oxygen atoms in total. The largest absolute Gasteiger partial charge is 0.399 e. The number of rotatable bonds is 6. The van der Waals surface area contributed by atoms with E-state index < -0.39 is 10.4 Å². The minimum absolute atomic E-state index is 0.0381. The summed E-state index contributed by atoms with van der Waals surface area (Å²) in [6.07, 6.45) is 1.03. The smallest absolute Gasteiger partial charge is 0.396 e. The monoisotopic (exact) mass is 184 g/mol. The van der Waals surface area contributed by atoms with Crippen LogP contribution in [0.1, 0.15) is 12.8 Å². The van der Waals surface area contributed by atoms with E-state index in [1.54, 1.807) is 0 Å². The summed E-state index contributed by atoms with van der Waals surface area (Å²) < 4.78 is 29.2. The van der Waals surface area contributed by atoms with Crippen LogP contribution in [0.5, 0.6) is 0 Å².